The summed E-state index contributed by atoms with van der Waals surface area (Å²) in [6.45, 7) is 2.47. The van der Waals surface area contributed by atoms with Crippen LogP contribution < -0.4 is 0 Å². The smallest absolute Gasteiger partial charge is 0.306 e. The second kappa shape index (κ2) is 39.9. The number of esters is 2. The summed E-state index contributed by atoms with van der Waals surface area (Å²) in [5, 5.41) is 72.1. The van der Waals surface area contributed by atoms with Gasteiger partial charge in [-0.25, -0.2) is 0 Å². The fourth-order valence-electron chi connectivity index (χ4n) is 7.67. The molecule has 11 atom stereocenters. The first-order chi connectivity index (χ1) is 33.0. The predicted octanol–water partition coefficient (Wildman–Crippen LogP) is 7.27. The van der Waals surface area contributed by atoms with Crippen LogP contribution in [0.3, 0.4) is 0 Å². The van der Waals surface area contributed by atoms with Gasteiger partial charge in [-0.15, -0.1) is 0 Å². The molecule has 0 bridgehead atoms. The Balaban J connectivity index is 1.85. The van der Waals surface area contributed by atoms with Crippen LogP contribution in [0.2, 0.25) is 0 Å². The number of unbranched alkanes of at least 4 members (excludes halogenated alkanes) is 15. The van der Waals surface area contributed by atoms with E-state index in [9.17, 15) is 45.3 Å². The number of allylic oxidation sites excluding steroid dienone is 10. The standard InChI is InChI=1S/C53H90O15/c1-3-5-7-9-11-13-15-17-19-20-22-23-25-27-29-31-33-35-44(55)63-38-41(66-45(56)36-34-32-30-28-26-24-21-18-16-14-12-10-8-6-4-2)39-64-52-51(62)49(60)47(58)43(68-52)40-65-53-50(61)48(59)46(57)42(37-54)67-53/h11,13,17,19,22-23,26-29,41-43,46-54,57-62H,3-10,12,14-16,18,20-21,24-25,30-40H2,1-2H3/b13-11+,19-17+,23-22+,28-26+,29-27+/t41-,42+,43+,46-,47-,48?,49?,50?,51?,52+,53+/m0/s1. The van der Waals surface area contributed by atoms with Crippen LogP contribution in [0.25, 0.3) is 0 Å². The van der Waals surface area contributed by atoms with E-state index in [4.69, 9.17) is 28.4 Å². The molecule has 0 saturated carbocycles. The van der Waals surface area contributed by atoms with Crippen LogP contribution in [-0.4, -0.2) is 142 Å². The van der Waals surface area contributed by atoms with Crippen molar-refractivity contribution < 1.29 is 73.8 Å². The average Bonchev–Trinajstić information content (AvgIpc) is 3.33. The van der Waals surface area contributed by atoms with Crippen LogP contribution >= 0.6 is 0 Å². The molecule has 2 aliphatic heterocycles. The molecular formula is C53H90O15. The SMILES string of the molecule is CCCCC/C=C/C/C=C/C/C=C/C/C=C/CCCC(=O)OC[C@@H](CO[C@@H]1O[C@H](CO[C@@H]2O[C@H](CO)[C@H](O)C(O)C2O)[C@H](O)C(O)C1O)OC(=O)CCCC/C=C/CCCCCCCCCCC. The molecule has 0 aromatic rings. The number of hydrogen-bond donors (Lipinski definition) is 7. The first-order valence-electron chi connectivity index (χ1n) is 25.9. The predicted molar refractivity (Wildman–Crippen MR) is 261 cm³/mol. The summed E-state index contributed by atoms with van der Waals surface area (Å²) in [4.78, 5) is 25.7. The number of rotatable bonds is 39. The summed E-state index contributed by atoms with van der Waals surface area (Å²) < 4.78 is 33.5. The van der Waals surface area contributed by atoms with Gasteiger partial charge in [0.25, 0.3) is 0 Å². The number of carbonyl (C=O) groups is 2. The summed E-state index contributed by atoms with van der Waals surface area (Å²) in [6, 6.07) is 0. The molecule has 68 heavy (non-hydrogen) atoms. The molecule has 2 aliphatic rings. The van der Waals surface area contributed by atoms with Crippen molar-refractivity contribution in [2.45, 2.75) is 235 Å². The molecular weight excluding hydrogens is 877 g/mol. The van der Waals surface area contributed by atoms with Gasteiger partial charge in [0.15, 0.2) is 18.7 Å². The van der Waals surface area contributed by atoms with Gasteiger partial charge in [-0.05, 0) is 77.0 Å². The van der Waals surface area contributed by atoms with Crippen LogP contribution in [0.15, 0.2) is 60.8 Å². The Kier molecular flexibility index (Phi) is 36.0. The summed E-state index contributed by atoms with van der Waals surface area (Å²) in [5.41, 5.74) is 0. The number of aliphatic hydroxyl groups is 7. The molecule has 4 unspecified atom stereocenters. The van der Waals surface area contributed by atoms with E-state index in [1.54, 1.807) is 0 Å². The number of hydrogen-bond acceptors (Lipinski definition) is 15. The Morgan fingerprint density at radius 1 is 0.471 bits per heavy atom. The van der Waals surface area contributed by atoms with Gasteiger partial charge in [0.2, 0.25) is 0 Å². The molecule has 0 amide bonds. The van der Waals surface area contributed by atoms with Crippen LogP contribution in [0.1, 0.15) is 168 Å². The van der Waals surface area contributed by atoms with Crippen molar-refractivity contribution in [3.63, 3.8) is 0 Å². The van der Waals surface area contributed by atoms with Gasteiger partial charge < -0.3 is 64.2 Å². The normalized spacial score (nSPS) is 26.2. The quantitative estimate of drug-likeness (QED) is 0.0183. The molecule has 2 heterocycles. The van der Waals surface area contributed by atoms with Gasteiger partial charge >= 0.3 is 11.9 Å². The minimum atomic E-state index is -1.78. The highest BCUT2D eigenvalue weighted by Crippen LogP contribution is 2.26. The monoisotopic (exact) mass is 967 g/mol. The summed E-state index contributed by atoms with van der Waals surface area (Å²) >= 11 is 0. The van der Waals surface area contributed by atoms with Gasteiger partial charge in [-0.3, -0.25) is 9.59 Å². The summed E-state index contributed by atoms with van der Waals surface area (Å²) in [6.07, 6.45) is 28.3. The van der Waals surface area contributed by atoms with E-state index in [2.05, 4.69) is 68.5 Å². The third kappa shape index (κ3) is 27.6. The van der Waals surface area contributed by atoms with Gasteiger partial charge in [-0.2, -0.15) is 0 Å². The third-order valence-corrected chi connectivity index (χ3v) is 12.0. The van der Waals surface area contributed by atoms with Crippen LogP contribution in [0, 0.1) is 0 Å². The highest BCUT2D eigenvalue weighted by molar-refractivity contribution is 5.70. The maximum atomic E-state index is 13.0. The minimum absolute atomic E-state index is 0.121. The number of carbonyl (C=O) groups excluding carboxylic acids is 2. The minimum Gasteiger partial charge on any atom is -0.462 e. The largest absolute Gasteiger partial charge is 0.462 e. The lowest BCUT2D eigenvalue weighted by Gasteiger charge is -2.42. The Morgan fingerprint density at radius 2 is 0.897 bits per heavy atom. The van der Waals surface area contributed by atoms with E-state index in [1.807, 2.05) is 6.08 Å². The molecule has 7 N–H and O–H groups in total. The van der Waals surface area contributed by atoms with E-state index in [0.717, 1.165) is 44.9 Å². The van der Waals surface area contributed by atoms with Gasteiger partial charge in [0, 0.05) is 12.8 Å². The molecule has 2 rings (SSSR count). The molecule has 0 aromatic heterocycles. The summed E-state index contributed by atoms with van der Waals surface area (Å²) in [7, 11) is 0. The molecule has 0 spiro atoms. The van der Waals surface area contributed by atoms with Crippen molar-refractivity contribution >= 4 is 11.9 Å². The highest BCUT2D eigenvalue weighted by atomic mass is 16.7. The average molecular weight is 967 g/mol. The van der Waals surface area contributed by atoms with Gasteiger partial charge in [-0.1, -0.05) is 139 Å². The molecule has 0 radical (unpaired) electrons. The number of aliphatic hydroxyl groups excluding tert-OH is 7. The lowest BCUT2D eigenvalue weighted by molar-refractivity contribution is -0.332. The fraction of sp³-hybridized carbons (Fsp3) is 0.774. The van der Waals surface area contributed by atoms with Crippen molar-refractivity contribution in [2.24, 2.45) is 0 Å². The van der Waals surface area contributed by atoms with Gasteiger partial charge in [0.1, 0.15) is 55.4 Å². The van der Waals surface area contributed by atoms with E-state index >= 15 is 0 Å². The Labute approximate surface area is 407 Å². The maximum absolute atomic E-state index is 13.0. The van der Waals surface area contributed by atoms with Crippen molar-refractivity contribution in [1.82, 2.24) is 0 Å². The molecule has 15 nitrogen and oxygen atoms in total. The van der Waals surface area contributed by atoms with E-state index < -0.39 is 99.3 Å². The second-order valence-corrected chi connectivity index (χ2v) is 18.0. The Bertz CT molecular complexity index is 1420. The topological polar surface area (TPSA) is 231 Å². The molecule has 392 valence electrons. The van der Waals surface area contributed by atoms with E-state index in [1.165, 1.54) is 77.0 Å². The Morgan fingerprint density at radius 3 is 1.47 bits per heavy atom. The first kappa shape index (κ1) is 61.3. The van der Waals surface area contributed by atoms with Crippen LogP contribution in [0.5, 0.6) is 0 Å². The van der Waals surface area contributed by atoms with Crippen molar-refractivity contribution in [2.75, 3.05) is 26.4 Å². The molecule has 2 fully saturated rings. The fourth-order valence-corrected chi connectivity index (χ4v) is 7.67. The second-order valence-electron chi connectivity index (χ2n) is 18.0. The van der Waals surface area contributed by atoms with Crippen molar-refractivity contribution in [1.29, 1.82) is 0 Å². The zero-order chi connectivity index (χ0) is 49.6. The summed E-state index contributed by atoms with van der Waals surface area (Å²) in [5.74, 6) is -1.02. The van der Waals surface area contributed by atoms with Crippen molar-refractivity contribution in [3.8, 4) is 0 Å². The molecule has 0 aliphatic carbocycles. The lowest BCUT2D eigenvalue weighted by Crippen LogP contribution is -2.61. The number of ether oxygens (including phenoxy) is 6. The highest BCUT2D eigenvalue weighted by Gasteiger charge is 2.47. The lowest BCUT2D eigenvalue weighted by atomic mass is 9.98. The molecule has 2 saturated heterocycles. The van der Waals surface area contributed by atoms with Gasteiger partial charge in [0.05, 0.1) is 19.8 Å². The zero-order valence-electron chi connectivity index (χ0n) is 41.3. The Hall–Kier alpha value is -2.80. The van der Waals surface area contributed by atoms with Crippen molar-refractivity contribution in [3.05, 3.63) is 60.8 Å². The van der Waals surface area contributed by atoms with E-state index in [0.29, 0.717) is 19.3 Å². The van der Waals surface area contributed by atoms with Crippen LogP contribution in [-0.2, 0) is 38.0 Å². The van der Waals surface area contributed by atoms with Crippen LogP contribution in [0.4, 0.5) is 0 Å². The first-order valence-corrected chi connectivity index (χ1v) is 25.9. The molecule has 0 aromatic carbocycles. The molecule has 15 heteroatoms. The van der Waals surface area contributed by atoms with E-state index in [-0.39, 0.29) is 19.4 Å². The zero-order valence-corrected chi connectivity index (χ0v) is 41.3. The third-order valence-electron chi connectivity index (χ3n) is 12.0. The maximum Gasteiger partial charge on any atom is 0.306 e.